The Bertz CT molecular complexity index is 758. The molecule has 4 rings (SSSR count). The summed E-state index contributed by atoms with van der Waals surface area (Å²) in [5.41, 5.74) is 2.40. The van der Waals surface area contributed by atoms with Gasteiger partial charge in [-0.25, -0.2) is 13.2 Å². The summed E-state index contributed by atoms with van der Waals surface area (Å²) in [4.78, 5) is 0. The van der Waals surface area contributed by atoms with Crippen molar-refractivity contribution in [2.75, 3.05) is 0 Å². The Balaban J connectivity index is 1.50. The predicted octanol–water partition coefficient (Wildman–Crippen LogP) is 7.09. The molecular weight excluding hydrogens is 333 g/mol. The zero-order valence-corrected chi connectivity index (χ0v) is 15.2. The van der Waals surface area contributed by atoms with Gasteiger partial charge in [0.1, 0.15) is 0 Å². The predicted molar refractivity (Wildman–Crippen MR) is 98.3 cm³/mol. The summed E-state index contributed by atoms with van der Waals surface area (Å²) in [5.74, 6) is -0.486. The summed E-state index contributed by atoms with van der Waals surface area (Å²) in [6.07, 6.45) is 7.90. The van der Waals surface area contributed by atoms with Crippen molar-refractivity contribution >= 4 is 0 Å². The van der Waals surface area contributed by atoms with Crippen molar-refractivity contribution in [2.24, 2.45) is 17.8 Å². The average Bonchev–Trinajstić information content (AvgIpc) is 2.65. The lowest BCUT2D eigenvalue weighted by Gasteiger charge is -2.41. The molecule has 0 amide bonds. The third kappa shape index (κ3) is 3.41. The summed E-state index contributed by atoms with van der Waals surface area (Å²) in [5, 5.41) is 0. The van der Waals surface area contributed by atoms with Gasteiger partial charge in [-0.05, 0) is 84.6 Å². The molecule has 2 saturated carbocycles. The van der Waals surface area contributed by atoms with E-state index in [2.05, 4.69) is 19.1 Å². The molecule has 0 N–H and O–H groups in total. The van der Waals surface area contributed by atoms with Gasteiger partial charge >= 0.3 is 0 Å². The first kappa shape index (κ1) is 17.6. The number of fused-ring (bicyclic) bond motifs is 1. The Kier molecular flexibility index (Phi) is 4.81. The molecule has 2 aliphatic rings. The summed E-state index contributed by atoms with van der Waals surface area (Å²) in [6, 6.07) is 10.1. The molecule has 138 valence electrons. The summed E-state index contributed by atoms with van der Waals surface area (Å²) in [7, 11) is 0. The second kappa shape index (κ2) is 7.09. The minimum atomic E-state index is -1.41. The van der Waals surface area contributed by atoms with Crippen LogP contribution in [0.25, 0.3) is 11.1 Å². The first-order valence-electron chi connectivity index (χ1n) is 9.76. The molecule has 0 aliphatic heterocycles. The van der Waals surface area contributed by atoms with E-state index in [1.54, 1.807) is 0 Å². The molecule has 0 bridgehead atoms. The van der Waals surface area contributed by atoms with Crippen LogP contribution in [-0.2, 0) is 0 Å². The van der Waals surface area contributed by atoms with Crippen LogP contribution < -0.4 is 0 Å². The van der Waals surface area contributed by atoms with Crippen LogP contribution in [0, 0.1) is 35.2 Å². The van der Waals surface area contributed by atoms with Crippen LogP contribution in [0.1, 0.15) is 56.9 Å². The first-order chi connectivity index (χ1) is 12.5. The monoisotopic (exact) mass is 358 g/mol. The number of hydrogen-bond acceptors (Lipinski definition) is 0. The van der Waals surface area contributed by atoms with Gasteiger partial charge in [0, 0.05) is 0 Å². The summed E-state index contributed by atoms with van der Waals surface area (Å²) >= 11 is 0. The number of hydrogen-bond donors (Lipinski definition) is 0. The van der Waals surface area contributed by atoms with Gasteiger partial charge in [0.25, 0.3) is 0 Å². The van der Waals surface area contributed by atoms with Gasteiger partial charge in [0.05, 0.1) is 0 Å². The lowest BCUT2D eigenvalue weighted by atomic mass is 9.64. The van der Waals surface area contributed by atoms with Crippen molar-refractivity contribution in [3.63, 3.8) is 0 Å². The largest absolute Gasteiger partial charge is 0.204 e. The summed E-state index contributed by atoms with van der Waals surface area (Å²) < 4.78 is 40.1. The third-order valence-corrected chi connectivity index (χ3v) is 6.57. The SMILES string of the molecule is CC1CCC2CC(c3ccc(-c4cc(F)c(F)c(F)c4)cc3)CCC2C1. The molecule has 4 atom stereocenters. The molecule has 3 heteroatoms. The lowest BCUT2D eigenvalue weighted by molar-refractivity contribution is 0.124. The van der Waals surface area contributed by atoms with Crippen molar-refractivity contribution < 1.29 is 13.2 Å². The van der Waals surface area contributed by atoms with Gasteiger partial charge in [0.15, 0.2) is 17.5 Å². The summed E-state index contributed by atoms with van der Waals surface area (Å²) in [6.45, 7) is 2.38. The minimum absolute atomic E-state index is 0.373. The van der Waals surface area contributed by atoms with E-state index in [0.29, 0.717) is 17.0 Å². The molecule has 2 aromatic carbocycles. The van der Waals surface area contributed by atoms with E-state index in [4.69, 9.17) is 0 Å². The first-order valence-corrected chi connectivity index (χ1v) is 9.76. The Morgan fingerprint density at radius 1 is 0.731 bits per heavy atom. The fourth-order valence-corrected chi connectivity index (χ4v) is 5.10. The Labute approximate surface area is 153 Å². The minimum Gasteiger partial charge on any atom is -0.204 e. The highest BCUT2D eigenvalue weighted by molar-refractivity contribution is 5.64. The van der Waals surface area contributed by atoms with E-state index in [-0.39, 0.29) is 0 Å². The van der Waals surface area contributed by atoms with Crippen molar-refractivity contribution in [1.29, 1.82) is 0 Å². The van der Waals surface area contributed by atoms with Crippen LogP contribution >= 0.6 is 0 Å². The standard InChI is InChI=1S/C23H25F3/c1-14-2-3-19-11-18(9-8-17(19)10-14)15-4-6-16(7-5-15)20-12-21(24)23(26)22(25)13-20/h4-7,12-14,17-19H,2-3,8-11H2,1H3. The Morgan fingerprint density at radius 3 is 2.04 bits per heavy atom. The highest BCUT2D eigenvalue weighted by Gasteiger charge is 2.34. The lowest BCUT2D eigenvalue weighted by Crippen LogP contribution is -2.29. The van der Waals surface area contributed by atoms with E-state index < -0.39 is 17.5 Å². The zero-order chi connectivity index (χ0) is 18.3. The van der Waals surface area contributed by atoms with Crippen molar-refractivity contribution in [1.82, 2.24) is 0 Å². The van der Waals surface area contributed by atoms with E-state index in [1.807, 2.05) is 12.1 Å². The topological polar surface area (TPSA) is 0 Å². The van der Waals surface area contributed by atoms with Gasteiger partial charge in [-0.15, -0.1) is 0 Å². The second-order valence-electron chi connectivity index (χ2n) is 8.32. The number of halogens is 3. The zero-order valence-electron chi connectivity index (χ0n) is 15.2. The van der Waals surface area contributed by atoms with E-state index in [1.165, 1.54) is 44.1 Å². The Hall–Kier alpha value is -1.77. The molecule has 4 unspecified atom stereocenters. The van der Waals surface area contributed by atoms with Gasteiger partial charge in [-0.1, -0.05) is 37.6 Å². The highest BCUT2D eigenvalue weighted by atomic mass is 19.2. The smallest absolute Gasteiger partial charge is 0.194 e. The molecule has 2 fully saturated rings. The van der Waals surface area contributed by atoms with Crippen LogP contribution in [0.4, 0.5) is 13.2 Å². The molecular formula is C23H25F3. The molecule has 0 nitrogen and oxygen atoms in total. The molecule has 26 heavy (non-hydrogen) atoms. The maximum Gasteiger partial charge on any atom is 0.194 e. The number of rotatable bonds is 2. The van der Waals surface area contributed by atoms with Crippen LogP contribution in [0.15, 0.2) is 36.4 Å². The highest BCUT2D eigenvalue weighted by Crippen LogP contribution is 2.47. The fourth-order valence-electron chi connectivity index (χ4n) is 5.10. The van der Waals surface area contributed by atoms with Gasteiger partial charge in [0.2, 0.25) is 0 Å². The number of benzene rings is 2. The maximum absolute atomic E-state index is 13.5. The van der Waals surface area contributed by atoms with Gasteiger partial charge in [-0.2, -0.15) is 0 Å². The van der Waals surface area contributed by atoms with Gasteiger partial charge < -0.3 is 0 Å². The average molecular weight is 358 g/mol. The molecule has 0 aromatic heterocycles. The van der Waals surface area contributed by atoms with Gasteiger partial charge in [-0.3, -0.25) is 0 Å². The van der Waals surface area contributed by atoms with Crippen LogP contribution in [0.5, 0.6) is 0 Å². The van der Waals surface area contributed by atoms with Crippen molar-refractivity contribution in [3.05, 3.63) is 59.4 Å². The van der Waals surface area contributed by atoms with E-state index >= 15 is 0 Å². The normalized spacial score (nSPS) is 28.6. The van der Waals surface area contributed by atoms with Crippen molar-refractivity contribution in [3.8, 4) is 11.1 Å². The van der Waals surface area contributed by atoms with Crippen LogP contribution in [0.2, 0.25) is 0 Å². The molecule has 2 aliphatic carbocycles. The third-order valence-electron chi connectivity index (χ3n) is 6.57. The van der Waals surface area contributed by atoms with E-state index in [9.17, 15) is 13.2 Å². The molecule has 0 heterocycles. The Morgan fingerprint density at radius 2 is 1.35 bits per heavy atom. The molecule has 2 aromatic rings. The van der Waals surface area contributed by atoms with Crippen LogP contribution in [0.3, 0.4) is 0 Å². The second-order valence-corrected chi connectivity index (χ2v) is 8.32. The fraction of sp³-hybridized carbons (Fsp3) is 0.478. The van der Waals surface area contributed by atoms with Crippen molar-refractivity contribution in [2.45, 2.75) is 51.4 Å². The quantitative estimate of drug-likeness (QED) is 0.503. The maximum atomic E-state index is 13.5. The molecule has 0 spiro atoms. The van der Waals surface area contributed by atoms with E-state index in [0.717, 1.165) is 29.9 Å². The molecule has 0 saturated heterocycles. The van der Waals surface area contributed by atoms with Crippen LogP contribution in [-0.4, -0.2) is 0 Å². The molecule has 0 radical (unpaired) electrons.